The number of aromatic amines is 1. The Bertz CT molecular complexity index is 1540. The summed E-state index contributed by atoms with van der Waals surface area (Å²) < 4.78 is 13.5. The fourth-order valence-electron chi connectivity index (χ4n) is 4.22. The molecule has 38 heavy (non-hydrogen) atoms. The van der Waals surface area contributed by atoms with Crippen LogP contribution in [0.15, 0.2) is 48.8 Å². The van der Waals surface area contributed by atoms with Gasteiger partial charge in [-0.1, -0.05) is 24.3 Å². The smallest absolute Gasteiger partial charge is 0.270 e. The van der Waals surface area contributed by atoms with Crippen LogP contribution in [-0.4, -0.2) is 54.9 Å². The Labute approximate surface area is 215 Å². The summed E-state index contributed by atoms with van der Waals surface area (Å²) in [5, 5.41) is 19.5. The fraction of sp³-hybridized carbons (Fsp3) is 0.200. The average molecular weight is 516 g/mol. The van der Waals surface area contributed by atoms with Crippen molar-refractivity contribution in [1.82, 2.24) is 41.2 Å². The molecule has 13 heteroatoms. The van der Waals surface area contributed by atoms with Crippen LogP contribution in [0, 0.1) is 12.7 Å². The van der Waals surface area contributed by atoms with Gasteiger partial charge >= 0.3 is 0 Å². The van der Waals surface area contributed by atoms with E-state index < -0.39 is 17.9 Å². The number of benzene rings is 2. The molecule has 2 aromatic heterocycles. The first kappa shape index (κ1) is 24.6. The monoisotopic (exact) mass is 515 g/mol. The number of aromatic nitrogens is 6. The van der Waals surface area contributed by atoms with Crippen molar-refractivity contribution in [3.63, 3.8) is 0 Å². The highest BCUT2D eigenvalue weighted by atomic mass is 19.1. The normalized spacial score (nSPS) is 14.2. The number of nitrogens with one attached hydrogen (secondary N) is 3. The molecule has 0 aliphatic carbocycles. The SMILES string of the molecule is CC(=O)N1C[C@@H](NC(=O)c2cc(C(=O)NCc3ccc(F)c(C)c3)ncn2)c2ccc(-c3nn[nH]n3)cc21. The molecule has 0 saturated heterocycles. The first-order valence-corrected chi connectivity index (χ1v) is 11.6. The van der Waals surface area contributed by atoms with Crippen molar-refractivity contribution in [2.24, 2.45) is 0 Å². The lowest BCUT2D eigenvalue weighted by Gasteiger charge is -2.16. The van der Waals surface area contributed by atoms with Crippen molar-refractivity contribution in [3.8, 4) is 11.4 Å². The van der Waals surface area contributed by atoms with Gasteiger partial charge in [-0.25, -0.2) is 14.4 Å². The Morgan fingerprint density at radius 1 is 1.08 bits per heavy atom. The van der Waals surface area contributed by atoms with E-state index in [1.165, 1.54) is 19.1 Å². The number of rotatable bonds is 6. The highest BCUT2D eigenvalue weighted by molar-refractivity contribution is 5.99. The standard InChI is InChI=1S/C25H22FN9O3/c1-13-7-15(3-6-18(13)26)10-27-24(37)19-9-20(29-12-28-19)25(38)30-21-11-35(14(2)36)22-8-16(4-5-17(21)22)23-31-33-34-32-23/h3-9,12,21H,10-11H2,1-2H3,(H,27,37)(H,30,38)(H,31,32,33,34)/t21-/m1/s1. The second-order valence-corrected chi connectivity index (χ2v) is 8.72. The minimum Gasteiger partial charge on any atom is -0.347 e. The summed E-state index contributed by atoms with van der Waals surface area (Å²) in [4.78, 5) is 47.5. The summed E-state index contributed by atoms with van der Waals surface area (Å²) in [6.07, 6.45) is 1.13. The van der Waals surface area contributed by atoms with E-state index in [-0.39, 0.29) is 36.2 Å². The van der Waals surface area contributed by atoms with E-state index in [4.69, 9.17) is 0 Å². The maximum absolute atomic E-state index is 13.5. The molecular formula is C25H22FN9O3. The molecule has 0 bridgehead atoms. The van der Waals surface area contributed by atoms with Crippen LogP contribution in [0.25, 0.3) is 11.4 Å². The predicted octanol–water partition coefficient (Wildman–Crippen LogP) is 1.87. The molecule has 0 unspecified atom stereocenters. The third-order valence-corrected chi connectivity index (χ3v) is 6.16. The molecule has 1 aliphatic rings. The number of hydrogen-bond acceptors (Lipinski definition) is 8. The second-order valence-electron chi connectivity index (χ2n) is 8.72. The zero-order valence-electron chi connectivity index (χ0n) is 20.4. The Morgan fingerprint density at radius 2 is 1.87 bits per heavy atom. The van der Waals surface area contributed by atoms with Crippen LogP contribution in [0.4, 0.5) is 10.1 Å². The summed E-state index contributed by atoms with van der Waals surface area (Å²) in [6.45, 7) is 3.47. The molecular weight excluding hydrogens is 493 g/mol. The second kappa shape index (κ2) is 10.1. The van der Waals surface area contributed by atoms with Gasteiger partial charge in [-0.2, -0.15) is 5.21 Å². The fourth-order valence-corrected chi connectivity index (χ4v) is 4.22. The first-order valence-electron chi connectivity index (χ1n) is 11.6. The van der Waals surface area contributed by atoms with Crippen LogP contribution in [-0.2, 0) is 11.3 Å². The zero-order valence-corrected chi connectivity index (χ0v) is 20.4. The van der Waals surface area contributed by atoms with Gasteiger partial charge in [0.05, 0.1) is 12.6 Å². The Balaban J connectivity index is 1.30. The highest BCUT2D eigenvalue weighted by Crippen LogP contribution is 2.37. The lowest BCUT2D eigenvalue weighted by molar-refractivity contribution is -0.116. The number of anilines is 1. The Kier molecular flexibility index (Phi) is 6.56. The number of aryl methyl sites for hydroxylation is 1. The maximum atomic E-state index is 13.5. The molecule has 0 saturated carbocycles. The van der Waals surface area contributed by atoms with Gasteiger partial charge in [0.25, 0.3) is 11.8 Å². The summed E-state index contributed by atoms with van der Waals surface area (Å²) in [5.41, 5.74) is 3.23. The average Bonchev–Trinajstić information content (AvgIpc) is 3.58. The van der Waals surface area contributed by atoms with Gasteiger partial charge in [-0.15, -0.1) is 10.2 Å². The third-order valence-electron chi connectivity index (χ3n) is 6.16. The Morgan fingerprint density at radius 3 is 2.58 bits per heavy atom. The lowest BCUT2D eigenvalue weighted by Crippen LogP contribution is -2.35. The van der Waals surface area contributed by atoms with E-state index in [2.05, 4.69) is 41.2 Å². The number of halogens is 1. The number of carbonyl (C=O) groups excluding carboxylic acids is 3. The molecule has 3 N–H and O–H groups in total. The van der Waals surface area contributed by atoms with Crippen molar-refractivity contribution in [3.05, 3.63) is 82.7 Å². The molecule has 5 rings (SSSR count). The minimum absolute atomic E-state index is 0.00548. The number of nitrogens with zero attached hydrogens (tertiary/aromatic N) is 6. The van der Waals surface area contributed by atoms with Crippen molar-refractivity contribution in [2.75, 3.05) is 11.4 Å². The van der Waals surface area contributed by atoms with E-state index in [9.17, 15) is 18.8 Å². The van der Waals surface area contributed by atoms with Gasteiger partial charge in [0.1, 0.15) is 23.5 Å². The molecule has 12 nitrogen and oxygen atoms in total. The van der Waals surface area contributed by atoms with E-state index in [0.29, 0.717) is 22.6 Å². The van der Waals surface area contributed by atoms with E-state index >= 15 is 0 Å². The summed E-state index contributed by atoms with van der Waals surface area (Å²) >= 11 is 0. The van der Waals surface area contributed by atoms with Crippen LogP contribution in [0.5, 0.6) is 0 Å². The van der Waals surface area contributed by atoms with Gasteiger partial charge in [0.15, 0.2) is 0 Å². The summed E-state index contributed by atoms with van der Waals surface area (Å²) in [5.74, 6) is -1.17. The van der Waals surface area contributed by atoms with Gasteiger partial charge in [-0.3, -0.25) is 14.4 Å². The molecule has 2 aromatic carbocycles. The molecule has 0 spiro atoms. The van der Waals surface area contributed by atoms with Gasteiger partial charge in [0.2, 0.25) is 11.7 Å². The number of H-pyrrole nitrogens is 1. The zero-order chi connectivity index (χ0) is 26.8. The largest absolute Gasteiger partial charge is 0.347 e. The van der Waals surface area contributed by atoms with Crippen LogP contribution in [0.2, 0.25) is 0 Å². The minimum atomic E-state index is -0.529. The van der Waals surface area contributed by atoms with E-state index in [1.807, 2.05) is 0 Å². The van der Waals surface area contributed by atoms with Crippen LogP contribution in [0.1, 0.15) is 50.6 Å². The highest BCUT2D eigenvalue weighted by Gasteiger charge is 2.33. The molecule has 4 aromatic rings. The first-order chi connectivity index (χ1) is 18.3. The van der Waals surface area contributed by atoms with Gasteiger partial charge in [0, 0.05) is 36.3 Å². The van der Waals surface area contributed by atoms with Gasteiger partial charge < -0.3 is 15.5 Å². The Hall–Kier alpha value is -5.07. The topological polar surface area (TPSA) is 159 Å². The van der Waals surface area contributed by atoms with Crippen molar-refractivity contribution in [1.29, 1.82) is 0 Å². The molecule has 192 valence electrons. The van der Waals surface area contributed by atoms with Crippen LogP contribution < -0.4 is 15.5 Å². The number of amides is 3. The maximum Gasteiger partial charge on any atom is 0.270 e. The van der Waals surface area contributed by atoms with Crippen LogP contribution in [0.3, 0.4) is 0 Å². The lowest BCUT2D eigenvalue weighted by atomic mass is 10.1. The number of tetrazole rings is 1. The molecule has 0 fully saturated rings. The molecule has 3 amide bonds. The number of hydrogen-bond donors (Lipinski definition) is 3. The number of carbonyl (C=O) groups is 3. The molecule has 0 radical (unpaired) electrons. The number of fused-ring (bicyclic) bond motifs is 1. The molecule has 1 atom stereocenters. The molecule has 1 aliphatic heterocycles. The third kappa shape index (κ3) is 4.93. The van der Waals surface area contributed by atoms with Crippen LogP contribution >= 0.6 is 0 Å². The van der Waals surface area contributed by atoms with Crippen molar-refractivity contribution in [2.45, 2.75) is 26.4 Å². The van der Waals surface area contributed by atoms with E-state index in [0.717, 1.165) is 17.5 Å². The van der Waals surface area contributed by atoms with Gasteiger partial charge in [-0.05, 0) is 35.4 Å². The quantitative estimate of drug-likeness (QED) is 0.351. The molecule has 3 heterocycles. The van der Waals surface area contributed by atoms with Crippen molar-refractivity contribution >= 4 is 23.4 Å². The summed E-state index contributed by atoms with van der Waals surface area (Å²) in [7, 11) is 0. The van der Waals surface area contributed by atoms with E-state index in [1.54, 1.807) is 42.2 Å². The van der Waals surface area contributed by atoms with Crippen molar-refractivity contribution < 1.29 is 18.8 Å². The summed E-state index contributed by atoms with van der Waals surface area (Å²) in [6, 6.07) is 10.7. The predicted molar refractivity (Wildman–Crippen MR) is 132 cm³/mol.